The number of aromatic nitrogens is 3. The van der Waals surface area contributed by atoms with Crippen LogP contribution in [-0.4, -0.2) is 22.6 Å². The number of ether oxygens (including phenoxy) is 1. The Labute approximate surface area is 223 Å². The summed E-state index contributed by atoms with van der Waals surface area (Å²) in [6, 6.07) is 22.3. The molecule has 4 aromatic rings. The second kappa shape index (κ2) is 10.6. The summed E-state index contributed by atoms with van der Waals surface area (Å²) >= 11 is 7.69. The van der Waals surface area contributed by atoms with Crippen LogP contribution in [0, 0.1) is 0 Å². The molecule has 186 valence electrons. The minimum atomic E-state index is -0.698. The molecule has 1 amide bonds. The molecule has 0 saturated heterocycles. The molecule has 9 heteroatoms. The van der Waals surface area contributed by atoms with Crippen molar-refractivity contribution in [3.63, 3.8) is 0 Å². The third-order valence-electron chi connectivity index (χ3n) is 5.94. The predicted octanol–water partition coefficient (Wildman–Crippen LogP) is 5.15. The molecule has 7 nitrogen and oxygen atoms in total. The standard InChI is InChI=1S/C28H23ClN4O3S/c1-3-15-36-21-11-8-10-19(16-21)27-32(18(2)34)24-14-7-5-12-22(24)25-26(35)30-28(31-33(25)27)37-17-20-9-4-6-13-23(20)29/h3-14,16,27H,1,15,17H2,2H3/p+1/t27-/m1/s1. The van der Waals surface area contributed by atoms with Crippen molar-refractivity contribution in [3.8, 4) is 17.0 Å². The molecule has 37 heavy (non-hydrogen) atoms. The number of nitrogens with zero attached hydrogens (tertiary/aromatic N) is 3. The number of rotatable bonds is 7. The van der Waals surface area contributed by atoms with Gasteiger partial charge in [0.05, 0.1) is 11.3 Å². The molecule has 2 heterocycles. The summed E-state index contributed by atoms with van der Waals surface area (Å²) in [4.78, 5) is 31.1. The summed E-state index contributed by atoms with van der Waals surface area (Å²) in [6.45, 7) is 5.55. The van der Waals surface area contributed by atoms with Crippen LogP contribution in [0.1, 0.15) is 24.2 Å². The number of benzene rings is 3. The number of carbonyl (C=O) groups is 1. The van der Waals surface area contributed by atoms with Crippen molar-refractivity contribution < 1.29 is 14.2 Å². The molecule has 0 fully saturated rings. The number of nitrogens with one attached hydrogen (secondary N) is 1. The van der Waals surface area contributed by atoms with Gasteiger partial charge in [0.15, 0.2) is 0 Å². The van der Waals surface area contributed by atoms with Crippen LogP contribution in [0.3, 0.4) is 0 Å². The summed E-state index contributed by atoms with van der Waals surface area (Å²) in [6.07, 6.45) is 0.968. The lowest BCUT2D eigenvalue weighted by Crippen LogP contribution is -2.60. The fourth-order valence-electron chi connectivity index (χ4n) is 4.36. The van der Waals surface area contributed by atoms with Gasteiger partial charge in [-0.2, -0.15) is 0 Å². The summed E-state index contributed by atoms with van der Waals surface area (Å²) in [5.41, 5.74) is 3.02. The molecule has 0 aliphatic carbocycles. The van der Waals surface area contributed by atoms with Gasteiger partial charge in [0.25, 0.3) is 6.17 Å². The minimum absolute atomic E-state index is 0.180. The van der Waals surface area contributed by atoms with Crippen molar-refractivity contribution in [2.75, 3.05) is 11.5 Å². The lowest BCUT2D eigenvalue weighted by molar-refractivity contribution is -0.763. The number of carbonyl (C=O) groups excluding carboxylic acids is 1. The van der Waals surface area contributed by atoms with Crippen molar-refractivity contribution in [3.05, 3.63) is 112 Å². The Morgan fingerprint density at radius 3 is 2.76 bits per heavy atom. The molecule has 0 bridgehead atoms. The van der Waals surface area contributed by atoms with Crippen molar-refractivity contribution in [2.45, 2.75) is 24.0 Å². The fourth-order valence-corrected chi connectivity index (χ4v) is 5.50. The summed E-state index contributed by atoms with van der Waals surface area (Å²) in [7, 11) is 0. The Morgan fingerprint density at radius 2 is 1.97 bits per heavy atom. The summed E-state index contributed by atoms with van der Waals surface area (Å²) in [5, 5.41) is 5.89. The van der Waals surface area contributed by atoms with Gasteiger partial charge in [-0.3, -0.25) is 14.6 Å². The monoisotopic (exact) mass is 531 g/mol. The number of halogens is 1. The zero-order chi connectivity index (χ0) is 25.9. The van der Waals surface area contributed by atoms with Gasteiger partial charge < -0.3 is 4.74 Å². The third kappa shape index (κ3) is 4.90. The first-order valence-corrected chi connectivity index (χ1v) is 13.0. The predicted molar refractivity (Wildman–Crippen MR) is 145 cm³/mol. The third-order valence-corrected chi connectivity index (χ3v) is 7.22. The van der Waals surface area contributed by atoms with Crippen molar-refractivity contribution >= 4 is 35.0 Å². The van der Waals surface area contributed by atoms with Gasteiger partial charge in [0.2, 0.25) is 11.1 Å². The van der Waals surface area contributed by atoms with E-state index in [0.29, 0.717) is 45.2 Å². The number of thioether (sulfide) groups is 1. The Bertz CT molecular complexity index is 1550. The van der Waals surface area contributed by atoms with Crippen molar-refractivity contribution in [1.82, 2.24) is 10.1 Å². The minimum Gasteiger partial charge on any atom is -0.490 e. The van der Waals surface area contributed by atoms with Gasteiger partial charge in [0, 0.05) is 28.4 Å². The molecule has 1 atom stereocenters. The van der Waals surface area contributed by atoms with Crippen LogP contribution in [0.2, 0.25) is 5.02 Å². The molecule has 0 unspecified atom stereocenters. The van der Waals surface area contributed by atoms with Crippen LogP contribution >= 0.6 is 23.4 Å². The second-order valence-electron chi connectivity index (χ2n) is 8.38. The number of hydrogen-bond donors (Lipinski definition) is 1. The van der Waals surface area contributed by atoms with Crippen LogP contribution in [-0.2, 0) is 10.5 Å². The Balaban J connectivity index is 1.66. The lowest BCUT2D eigenvalue weighted by Gasteiger charge is -2.31. The van der Waals surface area contributed by atoms with E-state index in [1.165, 1.54) is 18.7 Å². The van der Waals surface area contributed by atoms with Gasteiger partial charge in [-0.15, -0.1) is 0 Å². The largest absolute Gasteiger partial charge is 0.490 e. The molecular formula is C28H24ClN4O3S+. The van der Waals surface area contributed by atoms with E-state index in [2.05, 4.69) is 11.6 Å². The Hall–Kier alpha value is -3.88. The maximum Gasteiger partial charge on any atom is 0.325 e. The SMILES string of the molecule is C=CCOc1cccc([C@@H]2N(C(C)=O)c3ccccc3-c3c(=O)[nH]c(SCc4ccccc4Cl)n[n+]32)c1. The maximum atomic E-state index is 13.5. The first-order valence-electron chi connectivity index (χ1n) is 11.6. The fraction of sp³-hybridized carbons (Fsp3) is 0.143. The maximum absolute atomic E-state index is 13.5. The molecule has 0 radical (unpaired) electrons. The van der Waals surface area contributed by atoms with Crippen LogP contribution in [0.25, 0.3) is 11.3 Å². The first kappa shape index (κ1) is 24.8. The number of amides is 1. The topological polar surface area (TPSA) is 79.2 Å². The molecule has 1 aliphatic heterocycles. The highest BCUT2D eigenvalue weighted by atomic mass is 35.5. The highest BCUT2D eigenvalue weighted by Crippen LogP contribution is 2.38. The van der Waals surface area contributed by atoms with Gasteiger partial charge in [-0.05, 0) is 46.6 Å². The van der Waals surface area contributed by atoms with Crippen molar-refractivity contribution in [1.29, 1.82) is 0 Å². The molecule has 0 spiro atoms. The molecule has 1 aliphatic rings. The zero-order valence-corrected chi connectivity index (χ0v) is 21.6. The van der Waals surface area contributed by atoms with Gasteiger partial charge >= 0.3 is 11.3 Å². The van der Waals surface area contributed by atoms with E-state index >= 15 is 0 Å². The van der Waals surface area contributed by atoms with Gasteiger partial charge in [0.1, 0.15) is 12.4 Å². The van der Waals surface area contributed by atoms with Crippen LogP contribution < -0.4 is 19.9 Å². The number of fused-ring (bicyclic) bond motifs is 3. The summed E-state index contributed by atoms with van der Waals surface area (Å²) in [5.74, 6) is 0.963. The van der Waals surface area contributed by atoms with Crippen LogP contribution in [0.15, 0.2) is 95.4 Å². The average Bonchev–Trinajstić information content (AvgIpc) is 2.90. The van der Waals surface area contributed by atoms with Crippen molar-refractivity contribution in [2.24, 2.45) is 0 Å². The smallest absolute Gasteiger partial charge is 0.325 e. The Morgan fingerprint density at radius 1 is 1.19 bits per heavy atom. The molecule has 3 aromatic carbocycles. The lowest BCUT2D eigenvalue weighted by atomic mass is 10.0. The van der Waals surface area contributed by atoms with E-state index in [4.69, 9.17) is 21.4 Å². The molecule has 5 rings (SSSR count). The zero-order valence-electron chi connectivity index (χ0n) is 20.1. The molecule has 1 aromatic heterocycles. The number of anilines is 1. The molecule has 1 N–H and O–H groups in total. The summed E-state index contributed by atoms with van der Waals surface area (Å²) < 4.78 is 7.38. The normalized spacial score (nSPS) is 14.0. The average molecular weight is 532 g/mol. The highest BCUT2D eigenvalue weighted by molar-refractivity contribution is 7.98. The van der Waals surface area contributed by atoms with E-state index in [0.717, 1.165) is 11.1 Å². The quantitative estimate of drug-likeness (QED) is 0.203. The molecule has 0 saturated carbocycles. The number of aromatic amines is 1. The second-order valence-corrected chi connectivity index (χ2v) is 9.76. The van der Waals surface area contributed by atoms with E-state index < -0.39 is 6.17 Å². The van der Waals surface area contributed by atoms with E-state index in [1.807, 2.05) is 72.8 Å². The van der Waals surface area contributed by atoms with E-state index in [1.54, 1.807) is 15.7 Å². The van der Waals surface area contributed by atoms with Gasteiger partial charge in [-0.25, -0.2) is 4.90 Å². The first-order chi connectivity index (χ1) is 18.0. The van der Waals surface area contributed by atoms with E-state index in [9.17, 15) is 9.59 Å². The van der Waals surface area contributed by atoms with Gasteiger partial charge in [-0.1, -0.05) is 72.4 Å². The highest BCUT2D eigenvalue weighted by Gasteiger charge is 2.45. The molecular weight excluding hydrogens is 508 g/mol. The van der Waals surface area contributed by atoms with Crippen LogP contribution in [0.4, 0.5) is 5.69 Å². The number of para-hydroxylation sites is 1. The Kier molecular flexibility index (Phi) is 7.12. The van der Waals surface area contributed by atoms with E-state index in [-0.39, 0.29) is 11.5 Å². The number of H-pyrrole nitrogens is 1. The van der Waals surface area contributed by atoms with Crippen LogP contribution in [0.5, 0.6) is 5.75 Å². The number of hydrogen-bond acceptors (Lipinski definition) is 5.